The molecule has 0 radical (unpaired) electrons. The van der Waals surface area contributed by atoms with E-state index in [0.29, 0.717) is 11.6 Å². The number of carbonyl (C=O) groups excluding carboxylic acids is 1. The van der Waals surface area contributed by atoms with Crippen LogP contribution in [-0.2, 0) is 11.8 Å². The highest BCUT2D eigenvalue weighted by Gasteiger charge is 2.10. The van der Waals surface area contributed by atoms with Crippen molar-refractivity contribution in [2.45, 2.75) is 22.5 Å². The van der Waals surface area contributed by atoms with E-state index in [2.05, 4.69) is 27.5 Å². The third-order valence-electron chi connectivity index (χ3n) is 2.25. The minimum absolute atomic E-state index is 0.0714. The number of aryl methyl sites for hydroxylation is 2. The van der Waals surface area contributed by atoms with Crippen LogP contribution in [0.1, 0.15) is 12.6 Å². The summed E-state index contributed by atoms with van der Waals surface area (Å²) < 4.78 is 3.41. The Kier molecular flexibility index (Phi) is 5.44. The molecule has 0 fully saturated rings. The first-order valence-electron chi connectivity index (χ1n) is 5.98. The standard InChI is InChI=1S/C11H15N5OS3/c1-4-18-10-13-14-11(20-10)19-6-9(17)12-8-5-7(2)15-16(8)3/h5H,4,6H2,1-3H3,(H,12,17). The Balaban J connectivity index is 1.84. The van der Waals surface area contributed by atoms with Crippen LogP contribution in [0.4, 0.5) is 5.82 Å². The van der Waals surface area contributed by atoms with Crippen LogP contribution in [0.15, 0.2) is 14.7 Å². The Labute approximate surface area is 129 Å². The van der Waals surface area contributed by atoms with Crippen molar-refractivity contribution < 1.29 is 4.79 Å². The topological polar surface area (TPSA) is 72.7 Å². The van der Waals surface area contributed by atoms with E-state index in [1.807, 2.05) is 13.0 Å². The smallest absolute Gasteiger partial charge is 0.235 e. The first-order chi connectivity index (χ1) is 9.58. The second-order valence-corrected chi connectivity index (χ2v) is 7.61. The summed E-state index contributed by atoms with van der Waals surface area (Å²) in [6.07, 6.45) is 0. The van der Waals surface area contributed by atoms with Crippen LogP contribution >= 0.6 is 34.9 Å². The molecule has 2 aromatic heterocycles. The number of hydrogen-bond donors (Lipinski definition) is 1. The zero-order valence-electron chi connectivity index (χ0n) is 11.4. The van der Waals surface area contributed by atoms with Crippen molar-refractivity contribution in [3.63, 3.8) is 0 Å². The fourth-order valence-electron chi connectivity index (χ4n) is 1.47. The van der Waals surface area contributed by atoms with Crippen LogP contribution in [0, 0.1) is 6.92 Å². The fraction of sp³-hybridized carbons (Fsp3) is 0.455. The van der Waals surface area contributed by atoms with E-state index in [4.69, 9.17) is 0 Å². The second-order valence-electron chi connectivity index (χ2n) is 3.90. The maximum absolute atomic E-state index is 11.9. The third-order valence-corrected chi connectivity index (χ3v) is 5.32. The molecule has 108 valence electrons. The number of hydrogen-bond acceptors (Lipinski definition) is 7. The first kappa shape index (κ1) is 15.3. The van der Waals surface area contributed by atoms with E-state index < -0.39 is 0 Å². The van der Waals surface area contributed by atoms with Crippen LogP contribution in [0.5, 0.6) is 0 Å². The lowest BCUT2D eigenvalue weighted by Crippen LogP contribution is -2.16. The van der Waals surface area contributed by atoms with E-state index in [1.165, 1.54) is 23.1 Å². The highest BCUT2D eigenvalue weighted by Crippen LogP contribution is 2.28. The molecule has 2 aromatic rings. The van der Waals surface area contributed by atoms with Gasteiger partial charge in [0.1, 0.15) is 5.82 Å². The molecule has 0 unspecified atom stereocenters. The van der Waals surface area contributed by atoms with Crippen molar-refractivity contribution in [1.29, 1.82) is 0 Å². The van der Waals surface area contributed by atoms with Gasteiger partial charge < -0.3 is 5.32 Å². The highest BCUT2D eigenvalue weighted by atomic mass is 32.2. The Morgan fingerprint density at radius 2 is 2.10 bits per heavy atom. The molecule has 20 heavy (non-hydrogen) atoms. The molecule has 6 nitrogen and oxygen atoms in total. The van der Waals surface area contributed by atoms with Gasteiger partial charge in [0.15, 0.2) is 8.68 Å². The molecule has 1 N–H and O–H groups in total. The van der Waals surface area contributed by atoms with Gasteiger partial charge in [-0.1, -0.05) is 41.8 Å². The lowest BCUT2D eigenvalue weighted by molar-refractivity contribution is -0.113. The number of amides is 1. The molecule has 1 amide bonds. The van der Waals surface area contributed by atoms with Crippen molar-refractivity contribution >= 4 is 46.6 Å². The highest BCUT2D eigenvalue weighted by molar-refractivity contribution is 8.03. The Hall–Kier alpha value is -1.06. The van der Waals surface area contributed by atoms with Gasteiger partial charge in [0.25, 0.3) is 0 Å². The number of rotatable bonds is 6. The van der Waals surface area contributed by atoms with Crippen molar-refractivity contribution in [2.75, 3.05) is 16.8 Å². The molecular weight excluding hydrogens is 314 g/mol. The van der Waals surface area contributed by atoms with Crippen molar-refractivity contribution in [3.05, 3.63) is 11.8 Å². The van der Waals surface area contributed by atoms with E-state index in [-0.39, 0.29) is 5.91 Å². The molecule has 0 aliphatic heterocycles. The zero-order chi connectivity index (χ0) is 14.5. The maximum atomic E-state index is 11.9. The van der Waals surface area contributed by atoms with E-state index in [9.17, 15) is 4.79 Å². The molecule has 0 saturated carbocycles. The summed E-state index contributed by atoms with van der Waals surface area (Å²) in [6, 6.07) is 1.84. The fourth-order valence-corrected chi connectivity index (χ4v) is 4.19. The average molecular weight is 329 g/mol. The summed E-state index contributed by atoms with van der Waals surface area (Å²) in [5.74, 6) is 1.92. The molecule has 9 heteroatoms. The number of nitrogens with zero attached hydrogens (tertiary/aromatic N) is 4. The van der Waals surface area contributed by atoms with Gasteiger partial charge in [-0.05, 0) is 12.7 Å². The van der Waals surface area contributed by atoms with Crippen LogP contribution < -0.4 is 5.32 Å². The van der Waals surface area contributed by atoms with Crippen LogP contribution in [0.25, 0.3) is 0 Å². The Morgan fingerprint density at radius 3 is 2.70 bits per heavy atom. The summed E-state index contributed by atoms with van der Waals surface area (Å²) in [4.78, 5) is 11.9. The van der Waals surface area contributed by atoms with Gasteiger partial charge >= 0.3 is 0 Å². The summed E-state index contributed by atoms with van der Waals surface area (Å²) in [6.45, 7) is 3.96. The lowest BCUT2D eigenvalue weighted by Gasteiger charge is -2.03. The summed E-state index contributed by atoms with van der Waals surface area (Å²) in [7, 11) is 1.80. The number of thioether (sulfide) groups is 2. The predicted molar refractivity (Wildman–Crippen MR) is 83.6 cm³/mol. The quantitative estimate of drug-likeness (QED) is 0.821. The van der Waals surface area contributed by atoms with Crippen molar-refractivity contribution in [2.24, 2.45) is 7.05 Å². The maximum Gasteiger partial charge on any atom is 0.235 e. The van der Waals surface area contributed by atoms with E-state index in [0.717, 1.165) is 20.1 Å². The van der Waals surface area contributed by atoms with Crippen LogP contribution in [0.2, 0.25) is 0 Å². The van der Waals surface area contributed by atoms with Crippen LogP contribution in [-0.4, -0.2) is 37.4 Å². The van der Waals surface area contributed by atoms with Gasteiger partial charge in [-0.2, -0.15) is 5.10 Å². The minimum atomic E-state index is -0.0714. The summed E-state index contributed by atoms with van der Waals surface area (Å²) >= 11 is 4.57. The molecule has 0 saturated heterocycles. The van der Waals surface area contributed by atoms with Crippen molar-refractivity contribution in [3.8, 4) is 0 Å². The number of aromatic nitrogens is 4. The van der Waals surface area contributed by atoms with Gasteiger partial charge in [-0.15, -0.1) is 10.2 Å². The Morgan fingerprint density at radius 1 is 1.40 bits per heavy atom. The van der Waals surface area contributed by atoms with E-state index in [1.54, 1.807) is 23.5 Å². The largest absolute Gasteiger partial charge is 0.310 e. The van der Waals surface area contributed by atoms with Crippen molar-refractivity contribution in [1.82, 2.24) is 20.0 Å². The molecule has 0 aliphatic carbocycles. The summed E-state index contributed by atoms with van der Waals surface area (Å²) in [5.41, 5.74) is 0.876. The zero-order valence-corrected chi connectivity index (χ0v) is 13.9. The first-order valence-corrected chi connectivity index (χ1v) is 8.77. The SMILES string of the molecule is CCSc1nnc(SCC(=O)Nc2cc(C)nn2C)s1. The molecular formula is C11H15N5OS3. The summed E-state index contributed by atoms with van der Waals surface area (Å²) in [5, 5.41) is 15.1. The average Bonchev–Trinajstić information content (AvgIpc) is 2.95. The van der Waals surface area contributed by atoms with Gasteiger partial charge in [0, 0.05) is 13.1 Å². The number of anilines is 1. The van der Waals surface area contributed by atoms with Gasteiger partial charge in [0.05, 0.1) is 11.4 Å². The van der Waals surface area contributed by atoms with E-state index >= 15 is 0 Å². The molecule has 0 atom stereocenters. The number of carbonyl (C=O) groups is 1. The second kappa shape index (κ2) is 7.09. The van der Waals surface area contributed by atoms with Gasteiger partial charge in [-0.25, -0.2) is 0 Å². The molecule has 0 bridgehead atoms. The lowest BCUT2D eigenvalue weighted by atomic mass is 10.4. The molecule has 0 aromatic carbocycles. The third kappa shape index (κ3) is 4.22. The minimum Gasteiger partial charge on any atom is -0.310 e. The molecule has 0 aliphatic rings. The number of nitrogens with one attached hydrogen (secondary N) is 1. The van der Waals surface area contributed by atoms with Gasteiger partial charge in [-0.3, -0.25) is 9.48 Å². The molecule has 0 spiro atoms. The molecule has 2 heterocycles. The van der Waals surface area contributed by atoms with Gasteiger partial charge in [0.2, 0.25) is 5.91 Å². The predicted octanol–water partition coefficient (Wildman–Crippen LogP) is 2.42. The normalized spacial score (nSPS) is 10.8. The monoisotopic (exact) mass is 329 g/mol. The van der Waals surface area contributed by atoms with Crippen LogP contribution in [0.3, 0.4) is 0 Å². The molecule has 2 rings (SSSR count). The Bertz CT molecular complexity index is 595.